The minimum Gasteiger partial charge on any atom is -0.354 e. The van der Waals surface area contributed by atoms with Crippen molar-refractivity contribution in [3.63, 3.8) is 0 Å². The van der Waals surface area contributed by atoms with Gasteiger partial charge in [-0.2, -0.15) is 0 Å². The molecular weight excluding hydrogens is 266 g/mol. The first kappa shape index (κ1) is 13.9. The lowest BCUT2D eigenvalue weighted by Gasteiger charge is -2.23. The third-order valence-electron chi connectivity index (χ3n) is 2.22. The molecule has 0 saturated heterocycles. The minimum atomic E-state index is 0.551. The van der Waals surface area contributed by atoms with Gasteiger partial charge in [-0.05, 0) is 12.5 Å². The highest BCUT2D eigenvalue weighted by Gasteiger charge is 2.11. The molecule has 0 bridgehead atoms. The van der Waals surface area contributed by atoms with E-state index >= 15 is 0 Å². The predicted octanol–water partition coefficient (Wildman–Crippen LogP) is 4.23. The lowest BCUT2D eigenvalue weighted by atomic mass is 10.3. The predicted molar refractivity (Wildman–Crippen MR) is 72.1 cm³/mol. The van der Waals surface area contributed by atoms with Gasteiger partial charge >= 0.3 is 0 Å². The van der Waals surface area contributed by atoms with Crippen LogP contribution in [-0.4, -0.2) is 24.0 Å². The second-order valence-electron chi connectivity index (χ2n) is 3.49. The van der Waals surface area contributed by atoms with Crippen molar-refractivity contribution in [2.24, 2.45) is 0 Å². The summed E-state index contributed by atoms with van der Waals surface area (Å²) < 4.78 is 0. The molecular formula is C11H15Cl3N2. The molecule has 0 amide bonds. The fraction of sp³-hybridized carbons (Fsp3) is 0.545. The van der Waals surface area contributed by atoms with E-state index in [1.807, 2.05) is 0 Å². The van der Waals surface area contributed by atoms with Crippen LogP contribution in [0.3, 0.4) is 0 Å². The normalized spacial score (nSPS) is 10.5. The minimum absolute atomic E-state index is 0.551. The number of hydrogen-bond donors (Lipinski definition) is 0. The Balaban J connectivity index is 2.82. The topological polar surface area (TPSA) is 16.1 Å². The van der Waals surface area contributed by atoms with Gasteiger partial charge in [-0.3, -0.25) is 0 Å². The summed E-state index contributed by atoms with van der Waals surface area (Å²) in [7, 11) is 0. The van der Waals surface area contributed by atoms with Crippen LogP contribution in [0.5, 0.6) is 0 Å². The van der Waals surface area contributed by atoms with E-state index in [1.165, 1.54) is 0 Å². The van der Waals surface area contributed by atoms with Crippen LogP contribution < -0.4 is 4.90 Å². The maximum atomic E-state index is 6.11. The number of halogens is 3. The van der Waals surface area contributed by atoms with Gasteiger partial charge in [-0.1, -0.05) is 36.5 Å². The summed E-state index contributed by atoms with van der Waals surface area (Å²) in [6, 6.07) is 1.71. The van der Waals surface area contributed by atoms with Crippen LogP contribution in [-0.2, 0) is 0 Å². The molecule has 0 aromatic carbocycles. The summed E-state index contributed by atoms with van der Waals surface area (Å²) in [6.07, 6.45) is 3.83. The van der Waals surface area contributed by atoms with Gasteiger partial charge in [0.25, 0.3) is 0 Å². The molecule has 0 radical (unpaired) electrons. The Labute approximate surface area is 112 Å². The summed E-state index contributed by atoms with van der Waals surface area (Å²) in [5.41, 5.74) is 0. The molecule has 0 aliphatic rings. The highest BCUT2D eigenvalue weighted by molar-refractivity contribution is 6.36. The molecule has 0 aliphatic carbocycles. The van der Waals surface area contributed by atoms with E-state index in [4.69, 9.17) is 34.8 Å². The molecule has 0 aliphatic heterocycles. The fourth-order valence-corrected chi connectivity index (χ4v) is 2.12. The number of nitrogens with zero attached hydrogens (tertiary/aromatic N) is 2. The largest absolute Gasteiger partial charge is 0.354 e. The molecule has 0 fully saturated rings. The van der Waals surface area contributed by atoms with Crippen LogP contribution in [0.4, 0.5) is 5.82 Å². The Morgan fingerprint density at radius 3 is 2.62 bits per heavy atom. The first-order chi connectivity index (χ1) is 7.69. The lowest BCUT2D eigenvalue weighted by molar-refractivity contribution is 0.726. The fourth-order valence-electron chi connectivity index (χ4n) is 1.41. The molecule has 1 aromatic heterocycles. The maximum Gasteiger partial charge on any atom is 0.147 e. The molecule has 90 valence electrons. The molecule has 1 rings (SSSR count). The number of alkyl halides is 1. The van der Waals surface area contributed by atoms with E-state index in [2.05, 4.69) is 16.8 Å². The van der Waals surface area contributed by atoms with E-state index in [1.54, 1.807) is 12.3 Å². The molecule has 0 saturated carbocycles. The summed E-state index contributed by atoms with van der Waals surface area (Å²) in [5, 5.41) is 1.13. The second kappa shape index (κ2) is 7.21. The van der Waals surface area contributed by atoms with Crippen molar-refractivity contribution < 1.29 is 0 Å². The van der Waals surface area contributed by atoms with Crippen molar-refractivity contribution in [3.05, 3.63) is 22.3 Å². The van der Waals surface area contributed by atoms with Crippen LogP contribution in [0.15, 0.2) is 12.3 Å². The highest BCUT2D eigenvalue weighted by Crippen LogP contribution is 2.26. The molecule has 0 atom stereocenters. The van der Waals surface area contributed by atoms with Crippen LogP contribution in [0, 0.1) is 0 Å². The zero-order chi connectivity index (χ0) is 12.0. The number of unbranched alkanes of at least 4 members (excludes halogenated alkanes) is 1. The zero-order valence-electron chi connectivity index (χ0n) is 9.22. The van der Waals surface area contributed by atoms with Crippen molar-refractivity contribution in [3.8, 4) is 0 Å². The number of anilines is 1. The van der Waals surface area contributed by atoms with Gasteiger partial charge in [0.1, 0.15) is 5.82 Å². The molecule has 5 heteroatoms. The van der Waals surface area contributed by atoms with Gasteiger partial charge in [0.05, 0.1) is 10.0 Å². The summed E-state index contributed by atoms with van der Waals surface area (Å²) in [5.74, 6) is 1.32. The molecule has 0 unspecified atom stereocenters. The molecule has 0 spiro atoms. The average molecular weight is 282 g/mol. The van der Waals surface area contributed by atoms with Gasteiger partial charge in [0, 0.05) is 25.2 Å². The Morgan fingerprint density at radius 1 is 1.31 bits per heavy atom. The number of rotatable bonds is 6. The monoisotopic (exact) mass is 280 g/mol. The molecule has 1 heterocycles. The number of aromatic nitrogens is 1. The molecule has 0 N–H and O–H groups in total. The summed E-state index contributed by atoms with van der Waals surface area (Å²) in [4.78, 5) is 6.35. The molecule has 16 heavy (non-hydrogen) atoms. The lowest BCUT2D eigenvalue weighted by Crippen LogP contribution is -2.27. The smallest absolute Gasteiger partial charge is 0.147 e. The van der Waals surface area contributed by atoms with Crippen molar-refractivity contribution in [1.82, 2.24) is 4.98 Å². The Kier molecular flexibility index (Phi) is 6.25. The number of hydrogen-bond acceptors (Lipinski definition) is 2. The van der Waals surface area contributed by atoms with Gasteiger partial charge in [0.2, 0.25) is 0 Å². The number of pyridine rings is 1. The maximum absolute atomic E-state index is 6.11. The van der Waals surface area contributed by atoms with Crippen molar-refractivity contribution in [2.45, 2.75) is 19.8 Å². The van der Waals surface area contributed by atoms with Crippen molar-refractivity contribution in [2.75, 3.05) is 23.9 Å². The van der Waals surface area contributed by atoms with Crippen LogP contribution >= 0.6 is 34.8 Å². The Hall–Kier alpha value is -0.180. The summed E-state index contributed by atoms with van der Waals surface area (Å²) >= 11 is 17.7. The van der Waals surface area contributed by atoms with Crippen molar-refractivity contribution >= 4 is 40.6 Å². The van der Waals surface area contributed by atoms with E-state index in [-0.39, 0.29) is 0 Å². The van der Waals surface area contributed by atoms with Crippen LogP contribution in [0.25, 0.3) is 0 Å². The van der Waals surface area contributed by atoms with E-state index < -0.39 is 0 Å². The van der Waals surface area contributed by atoms with Crippen LogP contribution in [0.2, 0.25) is 10.0 Å². The Bertz CT molecular complexity index is 331. The summed E-state index contributed by atoms with van der Waals surface area (Å²) in [6.45, 7) is 3.81. The van der Waals surface area contributed by atoms with Gasteiger partial charge in [-0.15, -0.1) is 11.6 Å². The SMILES string of the molecule is CCCCN(CCCl)c1ncc(Cl)cc1Cl. The Morgan fingerprint density at radius 2 is 2.06 bits per heavy atom. The molecule has 2 nitrogen and oxygen atoms in total. The average Bonchev–Trinajstić information content (AvgIpc) is 2.25. The first-order valence-electron chi connectivity index (χ1n) is 5.31. The van der Waals surface area contributed by atoms with Gasteiger partial charge in [0.15, 0.2) is 0 Å². The van der Waals surface area contributed by atoms with Crippen LogP contribution in [0.1, 0.15) is 19.8 Å². The van der Waals surface area contributed by atoms with Gasteiger partial charge in [-0.25, -0.2) is 4.98 Å². The van der Waals surface area contributed by atoms with E-state index in [0.717, 1.165) is 31.7 Å². The highest BCUT2D eigenvalue weighted by atomic mass is 35.5. The third-order valence-corrected chi connectivity index (χ3v) is 2.88. The van der Waals surface area contributed by atoms with E-state index in [0.29, 0.717) is 15.9 Å². The van der Waals surface area contributed by atoms with Crippen molar-refractivity contribution in [1.29, 1.82) is 0 Å². The second-order valence-corrected chi connectivity index (χ2v) is 4.71. The molecule has 1 aromatic rings. The third kappa shape index (κ3) is 4.00. The van der Waals surface area contributed by atoms with E-state index in [9.17, 15) is 0 Å². The van der Waals surface area contributed by atoms with Gasteiger partial charge < -0.3 is 4.90 Å². The zero-order valence-corrected chi connectivity index (χ0v) is 11.5. The quantitative estimate of drug-likeness (QED) is 0.725. The first-order valence-corrected chi connectivity index (χ1v) is 6.60. The standard InChI is InChI=1S/C11H15Cl3N2/c1-2-3-5-16(6-4-12)11-10(14)7-9(13)8-15-11/h7-8H,2-6H2,1H3.